The first-order valence-corrected chi connectivity index (χ1v) is 7.44. The summed E-state index contributed by atoms with van der Waals surface area (Å²) in [4.78, 5) is 11.3. The molecule has 0 aromatic heterocycles. The van der Waals surface area contributed by atoms with Crippen LogP contribution in [0.2, 0.25) is 0 Å². The molecule has 0 bridgehead atoms. The zero-order chi connectivity index (χ0) is 13.9. The number of cyclic esters (lactones) is 1. The highest BCUT2D eigenvalue weighted by Gasteiger charge is 2.19. The van der Waals surface area contributed by atoms with E-state index < -0.39 is 0 Å². The highest BCUT2D eigenvalue weighted by Crippen LogP contribution is 2.15. The van der Waals surface area contributed by atoms with Gasteiger partial charge in [0.05, 0.1) is 5.57 Å². The van der Waals surface area contributed by atoms with E-state index in [1.807, 2.05) is 25.2 Å². The number of esters is 1. The fourth-order valence-electron chi connectivity index (χ4n) is 2.18. The van der Waals surface area contributed by atoms with Crippen molar-refractivity contribution in [3.05, 3.63) is 36.5 Å². The second-order valence-corrected chi connectivity index (χ2v) is 5.12. The second-order valence-electron chi connectivity index (χ2n) is 5.12. The van der Waals surface area contributed by atoms with E-state index in [4.69, 9.17) is 4.74 Å². The summed E-state index contributed by atoms with van der Waals surface area (Å²) < 4.78 is 5.03. The molecule has 0 aromatic rings. The predicted molar refractivity (Wildman–Crippen MR) is 79.9 cm³/mol. The number of rotatable bonds is 10. The molecule has 1 aliphatic rings. The molecule has 0 aromatic carbocycles. The van der Waals surface area contributed by atoms with Crippen LogP contribution in [-0.2, 0) is 9.53 Å². The van der Waals surface area contributed by atoms with Crippen molar-refractivity contribution in [1.82, 2.24) is 0 Å². The Morgan fingerprint density at radius 2 is 1.79 bits per heavy atom. The Morgan fingerprint density at radius 3 is 2.37 bits per heavy atom. The lowest BCUT2D eigenvalue weighted by Gasteiger charge is -1.99. The first-order chi connectivity index (χ1) is 9.24. The van der Waals surface area contributed by atoms with E-state index in [1.54, 1.807) is 0 Å². The highest BCUT2D eigenvalue weighted by atomic mass is 16.5. The van der Waals surface area contributed by atoms with E-state index in [1.165, 1.54) is 38.5 Å². The van der Waals surface area contributed by atoms with Gasteiger partial charge >= 0.3 is 5.97 Å². The Morgan fingerprint density at radius 1 is 1.16 bits per heavy atom. The van der Waals surface area contributed by atoms with Crippen LogP contribution in [0.4, 0.5) is 0 Å². The topological polar surface area (TPSA) is 26.3 Å². The minimum absolute atomic E-state index is 0.0669. The van der Waals surface area contributed by atoms with Crippen LogP contribution in [0.1, 0.15) is 58.3 Å². The van der Waals surface area contributed by atoms with Crippen molar-refractivity contribution in [1.29, 1.82) is 0 Å². The van der Waals surface area contributed by atoms with Crippen LogP contribution in [0.25, 0.3) is 0 Å². The summed E-state index contributed by atoms with van der Waals surface area (Å²) in [5.74, 6) is -0.189. The molecule has 1 heterocycles. The molecule has 0 aliphatic carbocycles. The maximum absolute atomic E-state index is 11.3. The quantitative estimate of drug-likeness (QED) is 0.323. The first kappa shape index (κ1) is 15.7. The molecule has 0 N–H and O–H groups in total. The largest absolute Gasteiger partial charge is 0.455 e. The fraction of sp³-hybridized carbons (Fsp3) is 0.588. The molecule has 1 rings (SSSR count). The average molecular weight is 262 g/mol. The van der Waals surface area contributed by atoms with Gasteiger partial charge in [-0.3, -0.25) is 0 Å². The Kier molecular flexibility index (Phi) is 7.95. The van der Waals surface area contributed by atoms with Crippen molar-refractivity contribution in [3.8, 4) is 0 Å². The Hall–Kier alpha value is -1.31. The highest BCUT2D eigenvalue weighted by molar-refractivity contribution is 5.93. The molecule has 2 heteroatoms. The lowest BCUT2D eigenvalue weighted by atomic mass is 10.1. The van der Waals surface area contributed by atoms with E-state index >= 15 is 0 Å². The van der Waals surface area contributed by atoms with Crippen LogP contribution in [0.15, 0.2) is 36.5 Å². The van der Waals surface area contributed by atoms with Crippen LogP contribution < -0.4 is 0 Å². The van der Waals surface area contributed by atoms with Gasteiger partial charge in [-0.15, -0.1) is 6.58 Å². The van der Waals surface area contributed by atoms with Crippen LogP contribution in [0.5, 0.6) is 0 Å². The molecule has 1 atom stereocenters. The molecule has 0 amide bonds. The van der Waals surface area contributed by atoms with Gasteiger partial charge in [-0.1, -0.05) is 43.9 Å². The van der Waals surface area contributed by atoms with E-state index in [9.17, 15) is 4.79 Å². The summed E-state index contributed by atoms with van der Waals surface area (Å²) >= 11 is 0. The van der Waals surface area contributed by atoms with E-state index in [0.29, 0.717) is 5.57 Å². The number of ether oxygens (including phenoxy) is 1. The molecule has 1 aliphatic heterocycles. The molecule has 0 unspecified atom stereocenters. The molecule has 0 saturated carbocycles. The van der Waals surface area contributed by atoms with Crippen LogP contribution in [-0.4, -0.2) is 12.1 Å². The van der Waals surface area contributed by atoms with Gasteiger partial charge in [0.25, 0.3) is 0 Å². The van der Waals surface area contributed by atoms with Gasteiger partial charge in [-0.25, -0.2) is 4.79 Å². The van der Waals surface area contributed by atoms with Gasteiger partial charge in [-0.2, -0.15) is 0 Å². The summed E-state index contributed by atoms with van der Waals surface area (Å²) in [6, 6.07) is 0. The number of carbonyl (C=O) groups excluding carboxylic acids is 1. The van der Waals surface area contributed by atoms with Crippen LogP contribution >= 0.6 is 0 Å². The third kappa shape index (κ3) is 7.00. The molecule has 19 heavy (non-hydrogen) atoms. The molecule has 0 radical (unpaired) electrons. The molecule has 0 spiro atoms. The minimum Gasteiger partial charge on any atom is -0.455 e. The fourth-order valence-corrected chi connectivity index (χ4v) is 2.18. The predicted octanol–water partition coefficient (Wildman–Crippen LogP) is 4.72. The molecule has 106 valence electrons. The summed E-state index contributed by atoms with van der Waals surface area (Å²) in [5.41, 5.74) is 0.705. The SMILES string of the molecule is C=CCCCCCCCC/C=C/C1=C[C@H](C)OC1=O. The van der Waals surface area contributed by atoms with Crippen molar-refractivity contribution in [2.45, 2.75) is 64.4 Å². The van der Waals surface area contributed by atoms with Crippen LogP contribution in [0.3, 0.4) is 0 Å². The van der Waals surface area contributed by atoms with Gasteiger partial charge < -0.3 is 4.74 Å². The van der Waals surface area contributed by atoms with Crippen molar-refractivity contribution < 1.29 is 9.53 Å². The molecular formula is C17H26O2. The summed E-state index contributed by atoms with van der Waals surface area (Å²) in [7, 11) is 0. The summed E-state index contributed by atoms with van der Waals surface area (Å²) in [5, 5.41) is 0. The Balaban J connectivity index is 1.97. The number of unbranched alkanes of at least 4 members (excludes halogenated alkanes) is 7. The lowest BCUT2D eigenvalue weighted by Crippen LogP contribution is -2.02. The molecule has 2 nitrogen and oxygen atoms in total. The van der Waals surface area contributed by atoms with E-state index in [0.717, 1.165) is 12.8 Å². The monoisotopic (exact) mass is 262 g/mol. The van der Waals surface area contributed by atoms with E-state index in [2.05, 4.69) is 12.7 Å². The maximum Gasteiger partial charge on any atom is 0.338 e. The zero-order valence-corrected chi connectivity index (χ0v) is 12.1. The van der Waals surface area contributed by atoms with Crippen LogP contribution in [0, 0.1) is 0 Å². The molecule has 0 fully saturated rings. The van der Waals surface area contributed by atoms with Crippen molar-refractivity contribution in [3.63, 3.8) is 0 Å². The van der Waals surface area contributed by atoms with Gasteiger partial charge in [0, 0.05) is 0 Å². The second kappa shape index (κ2) is 9.60. The van der Waals surface area contributed by atoms with Gasteiger partial charge in [-0.05, 0) is 38.7 Å². The van der Waals surface area contributed by atoms with Gasteiger partial charge in [0.1, 0.15) is 6.10 Å². The van der Waals surface area contributed by atoms with E-state index in [-0.39, 0.29) is 12.1 Å². The van der Waals surface area contributed by atoms with Gasteiger partial charge in [0.2, 0.25) is 0 Å². The molecular weight excluding hydrogens is 236 g/mol. The summed E-state index contributed by atoms with van der Waals surface area (Å²) in [6.07, 6.45) is 17.7. The van der Waals surface area contributed by atoms with Gasteiger partial charge in [0.15, 0.2) is 0 Å². The average Bonchev–Trinajstić information content (AvgIpc) is 2.70. The zero-order valence-electron chi connectivity index (χ0n) is 12.1. The van der Waals surface area contributed by atoms with Crippen molar-refractivity contribution in [2.24, 2.45) is 0 Å². The number of hydrogen-bond donors (Lipinski definition) is 0. The normalized spacial score (nSPS) is 18.7. The van der Waals surface area contributed by atoms with Crippen molar-refractivity contribution >= 4 is 5.97 Å². The van der Waals surface area contributed by atoms with Crippen molar-refractivity contribution in [2.75, 3.05) is 0 Å². The third-order valence-electron chi connectivity index (χ3n) is 3.27. The Bertz CT molecular complexity index is 339. The number of carbonyl (C=O) groups is 1. The lowest BCUT2D eigenvalue weighted by molar-refractivity contribution is -0.138. The summed E-state index contributed by atoms with van der Waals surface area (Å²) in [6.45, 7) is 5.61. The standard InChI is InChI=1S/C17H26O2/c1-3-4-5-6-7-8-9-10-11-12-13-16-14-15(2)19-17(16)18/h3,12-15H,1,4-11H2,2H3/b13-12+/t15-/m0/s1. The molecule has 0 saturated heterocycles. The maximum atomic E-state index is 11.3. The number of allylic oxidation sites excluding steroid dienone is 2. The number of hydrogen-bond acceptors (Lipinski definition) is 2. The minimum atomic E-state index is -0.189. The first-order valence-electron chi connectivity index (χ1n) is 7.44. The smallest absolute Gasteiger partial charge is 0.338 e. The Labute approximate surface area is 117 Å². The third-order valence-corrected chi connectivity index (χ3v) is 3.27.